The van der Waals surface area contributed by atoms with Crippen LogP contribution >= 0.6 is 46.1 Å². The number of carboxylic acid groups (broad SMARTS) is 1. The van der Waals surface area contributed by atoms with Crippen LogP contribution in [-0.4, -0.2) is 33.5 Å². The molecule has 0 aliphatic heterocycles. The first-order chi connectivity index (χ1) is 13.1. The third-order valence-corrected chi connectivity index (χ3v) is 4.86. The second-order valence-corrected chi connectivity index (χ2v) is 8.98. The Morgan fingerprint density at radius 3 is 2.36 bits per heavy atom. The Balaban J connectivity index is 2.15. The molecule has 7 nitrogen and oxygen atoms in total. The van der Waals surface area contributed by atoms with Crippen LogP contribution in [0.25, 0.3) is 0 Å². The molecule has 150 valence electrons. The Morgan fingerprint density at radius 2 is 1.79 bits per heavy atom. The molecule has 1 heterocycles. The maximum Gasteiger partial charge on any atom is 0.412 e. The van der Waals surface area contributed by atoms with Crippen LogP contribution in [0.5, 0.6) is 0 Å². The van der Waals surface area contributed by atoms with Gasteiger partial charge in [-0.15, -0.1) is 11.3 Å². The fraction of sp³-hybridized carbons (Fsp3) is 0.235. The van der Waals surface area contributed by atoms with E-state index in [0.29, 0.717) is 0 Å². The molecule has 0 aliphatic rings. The lowest BCUT2D eigenvalue weighted by atomic mass is 10.1. The first-order valence-corrected chi connectivity index (χ1v) is 9.61. The highest BCUT2D eigenvalue weighted by atomic mass is 35.6. The van der Waals surface area contributed by atoms with E-state index in [0.717, 1.165) is 16.9 Å². The average Bonchev–Trinajstić information content (AvgIpc) is 2.94. The summed E-state index contributed by atoms with van der Waals surface area (Å²) in [6.07, 6.45) is -1.03. The molecule has 0 fully saturated rings. The minimum atomic E-state index is -1.81. The molecule has 28 heavy (non-hydrogen) atoms. The monoisotopic (exact) mass is 465 g/mol. The van der Waals surface area contributed by atoms with Gasteiger partial charge in [0.25, 0.3) is 0 Å². The van der Waals surface area contributed by atoms with Gasteiger partial charge < -0.3 is 14.6 Å². The molecule has 1 aromatic carbocycles. The Labute approximate surface area is 179 Å². The van der Waals surface area contributed by atoms with Crippen molar-refractivity contribution in [2.24, 2.45) is 0 Å². The molecule has 1 aromatic heterocycles. The van der Waals surface area contributed by atoms with E-state index in [1.807, 2.05) is 6.07 Å². The molecule has 0 bridgehead atoms. The molecule has 2 aromatic rings. The number of ether oxygens (including phenoxy) is 2. The lowest BCUT2D eigenvalue weighted by Crippen LogP contribution is -2.21. The molecule has 0 saturated carbocycles. The molecule has 0 atom stereocenters. The van der Waals surface area contributed by atoms with Gasteiger partial charge >= 0.3 is 18.0 Å². The predicted octanol–water partition coefficient (Wildman–Crippen LogP) is 5.03. The number of amides is 1. The Kier molecular flexibility index (Phi) is 7.54. The number of hydrogen-bond donors (Lipinski definition) is 2. The number of anilines is 1. The molecule has 2 N–H and O–H groups in total. The number of carbonyl (C=O) groups is 3. The summed E-state index contributed by atoms with van der Waals surface area (Å²) in [4.78, 5) is 35.8. The number of alkyl halides is 3. The minimum absolute atomic E-state index is 0.0213. The van der Waals surface area contributed by atoms with E-state index in [1.165, 1.54) is 6.92 Å². The first kappa shape index (κ1) is 22.3. The Morgan fingerprint density at radius 1 is 1.14 bits per heavy atom. The molecular formula is C17H14Cl3NO6S. The van der Waals surface area contributed by atoms with E-state index in [4.69, 9.17) is 44.3 Å². The van der Waals surface area contributed by atoms with Crippen LogP contribution in [0.2, 0.25) is 0 Å². The molecule has 0 spiro atoms. The van der Waals surface area contributed by atoms with Gasteiger partial charge in [0.1, 0.15) is 23.1 Å². The van der Waals surface area contributed by atoms with Gasteiger partial charge in [-0.3, -0.25) is 5.32 Å². The lowest BCUT2D eigenvalue weighted by molar-refractivity contribution is 0.0477. The van der Waals surface area contributed by atoms with Crippen LogP contribution in [0.3, 0.4) is 0 Å². The molecule has 0 unspecified atom stereocenters. The molecule has 0 saturated heterocycles. The van der Waals surface area contributed by atoms with Crippen molar-refractivity contribution < 1.29 is 29.0 Å². The van der Waals surface area contributed by atoms with Gasteiger partial charge in [-0.25, -0.2) is 14.4 Å². The smallest absolute Gasteiger partial charge is 0.412 e. The number of hydrogen-bond acceptors (Lipinski definition) is 6. The van der Waals surface area contributed by atoms with E-state index in [2.05, 4.69) is 5.32 Å². The van der Waals surface area contributed by atoms with Gasteiger partial charge in [0.2, 0.25) is 3.79 Å². The number of carbonyl (C=O) groups excluding carboxylic acids is 2. The van der Waals surface area contributed by atoms with Crippen LogP contribution in [0.15, 0.2) is 30.3 Å². The van der Waals surface area contributed by atoms with Gasteiger partial charge in [0, 0.05) is 0 Å². The molecule has 0 radical (unpaired) electrons. The summed E-state index contributed by atoms with van der Waals surface area (Å²) in [6, 6.07) is 8.99. The topological polar surface area (TPSA) is 102 Å². The van der Waals surface area contributed by atoms with Crippen LogP contribution in [-0.2, 0) is 16.1 Å². The second-order valence-electron chi connectivity index (χ2n) is 5.44. The van der Waals surface area contributed by atoms with E-state index in [9.17, 15) is 19.5 Å². The Bertz CT molecular complexity index is 879. The van der Waals surface area contributed by atoms with Crippen molar-refractivity contribution in [3.63, 3.8) is 0 Å². The zero-order valence-corrected chi connectivity index (χ0v) is 17.4. The van der Waals surface area contributed by atoms with Gasteiger partial charge in [-0.2, -0.15) is 0 Å². The van der Waals surface area contributed by atoms with Crippen LogP contribution in [0.4, 0.5) is 9.80 Å². The minimum Gasteiger partial charge on any atom is -0.478 e. The lowest BCUT2D eigenvalue weighted by Gasteiger charge is -2.11. The fourth-order valence-electron chi connectivity index (χ4n) is 2.12. The second kappa shape index (κ2) is 9.47. The summed E-state index contributed by atoms with van der Waals surface area (Å²) < 4.78 is 8.12. The van der Waals surface area contributed by atoms with E-state index < -0.39 is 28.4 Å². The summed E-state index contributed by atoms with van der Waals surface area (Å²) in [6.45, 7) is 0.923. The van der Waals surface area contributed by atoms with Gasteiger partial charge in [-0.05, 0) is 18.1 Å². The number of esters is 1. The maximum atomic E-state index is 12.4. The maximum absolute atomic E-state index is 12.4. The number of benzene rings is 1. The van der Waals surface area contributed by atoms with Gasteiger partial charge in [0.05, 0.1) is 5.56 Å². The van der Waals surface area contributed by atoms with E-state index in [1.54, 1.807) is 24.3 Å². The molecule has 1 amide bonds. The summed E-state index contributed by atoms with van der Waals surface area (Å²) in [5.74, 6) is -2.04. The Hall–Kier alpha value is -2.00. The average molecular weight is 467 g/mol. The number of carboxylic acids is 1. The number of nitrogens with one attached hydrogen (secondary N) is 1. The first-order valence-electron chi connectivity index (χ1n) is 7.66. The largest absolute Gasteiger partial charge is 0.478 e. The summed E-state index contributed by atoms with van der Waals surface area (Å²) in [7, 11) is 0. The number of thiophene rings is 1. The third-order valence-electron chi connectivity index (χ3n) is 3.34. The van der Waals surface area contributed by atoms with Crippen LogP contribution in [0.1, 0.15) is 31.2 Å². The quantitative estimate of drug-likeness (QED) is 0.457. The zero-order chi connectivity index (χ0) is 20.9. The van der Waals surface area contributed by atoms with Crippen molar-refractivity contribution in [1.82, 2.24) is 0 Å². The zero-order valence-electron chi connectivity index (χ0n) is 14.3. The summed E-state index contributed by atoms with van der Waals surface area (Å²) >= 11 is 17.2. The molecule has 0 aliphatic carbocycles. The summed E-state index contributed by atoms with van der Waals surface area (Å²) in [5, 5.41) is 11.6. The van der Waals surface area contributed by atoms with E-state index in [-0.39, 0.29) is 27.6 Å². The SMILES string of the molecule is Cc1c(C(=O)OCc2ccccc2)sc(NC(=O)OCC(Cl)(Cl)Cl)c1C(=O)O. The predicted molar refractivity (Wildman–Crippen MR) is 107 cm³/mol. The van der Waals surface area contributed by atoms with Crippen molar-refractivity contribution in [2.75, 3.05) is 11.9 Å². The highest BCUT2D eigenvalue weighted by molar-refractivity contribution is 7.18. The van der Waals surface area contributed by atoms with Crippen LogP contribution < -0.4 is 5.32 Å². The highest BCUT2D eigenvalue weighted by Gasteiger charge is 2.28. The van der Waals surface area contributed by atoms with Crippen LogP contribution in [0, 0.1) is 6.92 Å². The van der Waals surface area contributed by atoms with Crippen molar-refractivity contribution >= 4 is 69.2 Å². The van der Waals surface area contributed by atoms with E-state index >= 15 is 0 Å². The van der Waals surface area contributed by atoms with Crippen molar-refractivity contribution in [1.29, 1.82) is 0 Å². The number of rotatable bonds is 6. The molecule has 2 rings (SSSR count). The fourth-order valence-corrected chi connectivity index (χ4v) is 3.36. The van der Waals surface area contributed by atoms with Crippen molar-refractivity contribution in [3.8, 4) is 0 Å². The van der Waals surface area contributed by atoms with Crippen molar-refractivity contribution in [3.05, 3.63) is 51.9 Å². The van der Waals surface area contributed by atoms with Crippen molar-refractivity contribution in [2.45, 2.75) is 17.3 Å². The van der Waals surface area contributed by atoms with Gasteiger partial charge in [0.15, 0.2) is 0 Å². The molecular weight excluding hydrogens is 453 g/mol. The summed E-state index contributed by atoms with van der Waals surface area (Å²) in [5.41, 5.74) is 0.687. The number of halogens is 3. The standard InChI is InChI=1S/C17H14Cl3NO6S/c1-9-11(14(22)23)13(21-16(25)27-8-17(18,19)20)28-12(9)15(24)26-7-10-5-3-2-4-6-10/h2-6H,7-8H2,1H3,(H,21,25)(H,22,23). The third kappa shape index (κ3) is 6.27. The highest BCUT2D eigenvalue weighted by Crippen LogP contribution is 2.34. The molecule has 11 heteroatoms. The van der Waals surface area contributed by atoms with Gasteiger partial charge in [-0.1, -0.05) is 65.1 Å². The number of aromatic carboxylic acids is 1. The normalized spacial score (nSPS) is 11.0.